The number of hydrogen-bond donors (Lipinski definition) is 1. The Labute approximate surface area is 119 Å². The van der Waals surface area contributed by atoms with Gasteiger partial charge in [-0.3, -0.25) is 4.79 Å². The van der Waals surface area contributed by atoms with E-state index in [1.54, 1.807) is 18.2 Å². The summed E-state index contributed by atoms with van der Waals surface area (Å²) in [4.78, 5) is 15.4. The Morgan fingerprint density at radius 2 is 2.11 bits per heavy atom. The van der Waals surface area contributed by atoms with Gasteiger partial charge in [0.25, 0.3) is 5.91 Å². The van der Waals surface area contributed by atoms with Crippen LogP contribution >= 0.6 is 23.2 Å². The van der Waals surface area contributed by atoms with Crippen molar-refractivity contribution < 1.29 is 9.18 Å². The van der Waals surface area contributed by atoms with Gasteiger partial charge in [-0.2, -0.15) is 0 Å². The molecule has 6 heteroatoms. The highest BCUT2D eigenvalue weighted by molar-refractivity contribution is 6.30. The van der Waals surface area contributed by atoms with Gasteiger partial charge in [0, 0.05) is 17.8 Å². The van der Waals surface area contributed by atoms with Crippen LogP contribution in [0, 0.1) is 5.82 Å². The molecule has 98 valence electrons. The van der Waals surface area contributed by atoms with Crippen LogP contribution in [0.1, 0.15) is 15.9 Å². The van der Waals surface area contributed by atoms with E-state index in [0.29, 0.717) is 5.02 Å². The fraction of sp³-hybridized carbons (Fsp3) is 0.0769. The van der Waals surface area contributed by atoms with Crippen LogP contribution in [0.25, 0.3) is 0 Å². The lowest BCUT2D eigenvalue weighted by Gasteiger charge is -2.07. The fourth-order valence-electron chi connectivity index (χ4n) is 1.52. The predicted molar refractivity (Wildman–Crippen MR) is 71.8 cm³/mol. The lowest BCUT2D eigenvalue weighted by Crippen LogP contribution is -2.24. The SMILES string of the molecule is O=C(NCc1cccc(Cl)c1)c1ccnc(Cl)c1F. The second kappa shape index (κ2) is 5.99. The summed E-state index contributed by atoms with van der Waals surface area (Å²) in [5.74, 6) is -1.38. The van der Waals surface area contributed by atoms with E-state index in [-0.39, 0.29) is 17.3 Å². The summed E-state index contributed by atoms with van der Waals surface area (Å²) in [6.45, 7) is 0.249. The fourth-order valence-corrected chi connectivity index (χ4v) is 1.89. The summed E-state index contributed by atoms with van der Waals surface area (Å²) in [5.41, 5.74) is 0.684. The third-order valence-electron chi connectivity index (χ3n) is 2.43. The number of rotatable bonds is 3. The summed E-state index contributed by atoms with van der Waals surface area (Å²) in [6.07, 6.45) is 1.28. The predicted octanol–water partition coefficient (Wildman–Crippen LogP) is 3.46. The molecule has 0 saturated heterocycles. The number of aromatic nitrogens is 1. The average molecular weight is 299 g/mol. The van der Waals surface area contributed by atoms with Crippen LogP contribution in [0.4, 0.5) is 4.39 Å². The maximum Gasteiger partial charge on any atom is 0.254 e. The molecule has 1 aromatic carbocycles. The van der Waals surface area contributed by atoms with Gasteiger partial charge in [-0.15, -0.1) is 0 Å². The number of carbonyl (C=O) groups is 1. The number of pyridine rings is 1. The maximum absolute atomic E-state index is 13.6. The molecule has 2 aromatic rings. The van der Waals surface area contributed by atoms with Crippen LogP contribution in [-0.2, 0) is 6.54 Å². The number of carbonyl (C=O) groups excluding carboxylic acids is 1. The summed E-state index contributed by atoms with van der Waals surface area (Å²) in [6, 6.07) is 8.30. The number of nitrogens with one attached hydrogen (secondary N) is 1. The molecule has 1 N–H and O–H groups in total. The zero-order valence-corrected chi connectivity index (χ0v) is 11.2. The van der Waals surface area contributed by atoms with E-state index in [0.717, 1.165) is 5.56 Å². The lowest BCUT2D eigenvalue weighted by molar-refractivity contribution is 0.0946. The number of amides is 1. The topological polar surface area (TPSA) is 42.0 Å². The van der Waals surface area contributed by atoms with Crippen molar-refractivity contribution in [3.05, 3.63) is 63.6 Å². The van der Waals surface area contributed by atoms with Crippen LogP contribution in [0.2, 0.25) is 10.2 Å². The smallest absolute Gasteiger partial charge is 0.254 e. The van der Waals surface area contributed by atoms with E-state index in [9.17, 15) is 9.18 Å². The van der Waals surface area contributed by atoms with Crippen LogP contribution in [0.15, 0.2) is 36.5 Å². The van der Waals surface area contributed by atoms with E-state index in [1.165, 1.54) is 12.3 Å². The van der Waals surface area contributed by atoms with Crippen molar-refractivity contribution in [2.45, 2.75) is 6.54 Å². The monoisotopic (exact) mass is 298 g/mol. The van der Waals surface area contributed by atoms with Crippen LogP contribution in [0.5, 0.6) is 0 Å². The second-order valence-electron chi connectivity index (χ2n) is 3.78. The van der Waals surface area contributed by atoms with Crippen molar-refractivity contribution in [2.24, 2.45) is 0 Å². The van der Waals surface area contributed by atoms with Crippen LogP contribution in [-0.4, -0.2) is 10.9 Å². The van der Waals surface area contributed by atoms with Gasteiger partial charge in [0.05, 0.1) is 5.56 Å². The molecule has 19 heavy (non-hydrogen) atoms. The molecule has 0 fully saturated rings. The Morgan fingerprint density at radius 1 is 1.32 bits per heavy atom. The Bertz CT molecular complexity index is 619. The van der Waals surface area contributed by atoms with Crippen molar-refractivity contribution >= 4 is 29.1 Å². The Morgan fingerprint density at radius 3 is 2.84 bits per heavy atom. The van der Waals surface area contributed by atoms with Gasteiger partial charge in [-0.25, -0.2) is 9.37 Å². The van der Waals surface area contributed by atoms with Gasteiger partial charge in [-0.05, 0) is 23.8 Å². The first-order valence-electron chi connectivity index (χ1n) is 5.40. The molecule has 0 unspecified atom stereocenters. The summed E-state index contributed by atoms with van der Waals surface area (Å²) >= 11 is 11.3. The lowest BCUT2D eigenvalue weighted by atomic mass is 10.2. The average Bonchev–Trinajstić information content (AvgIpc) is 2.39. The second-order valence-corrected chi connectivity index (χ2v) is 4.57. The minimum Gasteiger partial charge on any atom is -0.348 e. The zero-order chi connectivity index (χ0) is 13.8. The Hall–Kier alpha value is -1.65. The van der Waals surface area contributed by atoms with Gasteiger partial charge in [0.2, 0.25) is 0 Å². The number of nitrogens with zero attached hydrogens (tertiary/aromatic N) is 1. The quantitative estimate of drug-likeness (QED) is 0.882. The molecular formula is C13H9Cl2FN2O. The number of hydrogen-bond acceptors (Lipinski definition) is 2. The summed E-state index contributed by atoms with van der Waals surface area (Å²) in [5, 5.41) is 2.84. The molecule has 0 spiro atoms. The maximum atomic E-state index is 13.6. The first-order chi connectivity index (χ1) is 9.08. The van der Waals surface area contributed by atoms with Gasteiger partial charge in [-0.1, -0.05) is 35.3 Å². The third-order valence-corrected chi connectivity index (χ3v) is 2.93. The Balaban J connectivity index is 2.08. The minimum atomic E-state index is -0.826. The van der Waals surface area contributed by atoms with Crippen molar-refractivity contribution in [3.63, 3.8) is 0 Å². The van der Waals surface area contributed by atoms with Crippen molar-refractivity contribution in [2.75, 3.05) is 0 Å². The molecule has 2 rings (SSSR count). The molecule has 3 nitrogen and oxygen atoms in total. The van der Waals surface area contributed by atoms with Crippen molar-refractivity contribution in [3.8, 4) is 0 Å². The minimum absolute atomic E-state index is 0.137. The highest BCUT2D eigenvalue weighted by Gasteiger charge is 2.14. The molecule has 0 aliphatic carbocycles. The van der Waals surface area contributed by atoms with Crippen molar-refractivity contribution in [1.82, 2.24) is 10.3 Å². The molecule has 1 heterocycles. The molecule has 0 aliphatic heterocycles. The number of halogens is 3. The van der Waals surface area contributed by atoms with Gasteiger partial charge < -0.3 is 5.32 Å². The molecule has 0 radical (unpaired) electrons. The normalized spacial score (nSPS) is 10.3. The van der Waals surface area contributed by atoms with E-state index in [1.807, 2.05) is 6.07 Å². The highest BCUT2D eigenvalue weighted by atomic mass is 35.5. The first-order valence-corrected chi connectivity index (χ1v) is 6.16. The van der Waals surface area contributed by atoms with E-state index in [4.69, 9.17) is 23.2 Å². The highest BCUT2D eigenvalue weighted by Crippen LogP contribution is 2.15. The third kappa shape index (κ3) is 3.43. The van der Waals surface area contributed by atoms with E-state index in [2.05, 4.69) is 10.3 Å². The molecule has 0 atom stereocenters. The van der Waals surface area contributed by atoms with Crippen molar-refractivity contribution in [1.29, 1.82) is 0 Å². The van der Waals surface area contributed by atoms with Gasteiger partial charge >= 0.3 is 0 Å². The standard InChI is InChI=1S/C13H9Cl2FN2O/c14-9-3-1-2-8(6-9)7-18-13(19)10-4-5-17-12(15)11(10)16/h1-6H,7H2,(H,18,19). The summed E-state index contributed by atoms with van der Waals surface area (Å²) < 4.78 is 13.6. The molecule has 0 bridgehead atoms. The van der Waals surface area contributed by atoms with E-state index < -0.39 is 11.7 Å². The number of benzene rings is 1. The first kappa shape index (κ1) is 13.8. The largest absolute Gasteiger partial charge is 0.348 e. The molecule has 0 aliphatic rings. The van der Waals surface area contributed by atoms with Crippen LogP contribution < -0.4 is 5.32 Å². The molecule has 0 saturated carbocycles. The van der Waals surface area contributed by atoms with Crippen LogP contribution in [0.3, 0.4) is 0 Å². The summed E-state index contributed by atoms with van der Waals surface area (Å²) in [7, 11) is 0. The van der Waals surface area contributed by atoms with Gasteiger partial charge in [0.1, 0.15) is 0 Å². The zero-order valence-electron chi connectivity index (χ0n) is 9.66. The van der Waals surface area contributed by atoms with E-state index >= 15 is 0 Å². The molecular weight excluding hydrogens is 290 g/mol. The molecule has 1 amide bonds. The molecule has 1 aromatic heterocycles. The Kier molecular flexibility index (Phi) is 4.35. The van der Waals surface area contributed by atoms with Gasteiger partial charge in [0.15, 0.2) is 11.0 Å².